The molecule has 0 atom stereocenters. The third-order valence-corrected chi connectivity index (χ3v) is 4.40. The van der Waals surface area contributed by atoms with E-state index in [-0.39, 0.29) is 11.5 Å². The molecule has 6 heteroatoms. The second kappa shape index (κ2) is 6.47. The van der Waals surface area contributed by atoms with Crippen LogP contribution >= 0.6 is 0 Å². The number of nitrogens with two attached hydrogens (primary N) is 1. The Bertz CT molecular complexity index is 1000. The molecule has 4 rings (SSSR count). The summed E-state index contributed by atoms with van der Waals surface area (Å²) < 4.78 is 7.39. The van der Waals surface area contributed by atoms with Gasteiger partial charge in [0.25, 0.3) is 0 Å². The predicted molar refractivity (Wildman–Crippen MR) is 97.9 cm³/mol. The molecule has 1 aliphatic rings. The highest BCUT2D eigenvalue weighted by Crippen LogP contribution is 2.22. The molecular formula is C19H20N4O2. The van der Waals surface area contributed by atoms with Gasteiger partial charge in [0.05, 0.1) is 18.7 Å². The molecule has 1 aliphatic heterocycles. The zero-order chi connectivity index (χ0) is 17.2. The summed E-state index contributed by atoms with van der Waals surface area (Å²) in [5.41, 5.74) is 9.42. The maximum atomic E-state index is 12.4. The molecule has 0 radical (unpaired) electrons. The average Bonchev–Trinajstić information content (AvgIpc) is 2.90. The van der Waals surface area contributed by atoms with Gasteiger partial charge in [-0.1, -0.05) is 36.4 Å². The number of nitrogens with zero attached hydrogens (tertiary/aromatic N) is 2. The zero-order valence-electron chi connectivity index (χ0n) is 13.9. The van der Waals surface area contributed by atoms with Crippen LogP contribution in [0.1, 0.15) is 24.0 Å². The number of imidazole rings is 1. The number of fused-ring (bicyclic) bond motifs is 3. The molecule has 0 unspecified atom stereocenters. The van der Waals surface area contributed by atoms with Gasteiger partial charge in [0.1, 0.15) is 5.52 Å². The van der Waals surface area contributed by atoms with Crippen LogP contribution in [0.15, 0.2) is 47.3 Å². The predicted octanol–water partition coefficient (Wildman–Crippen LogP) is 2.63. The van der Waals surface area contributed by atoms with Gasteiger partial charge in [-0.15, -0.1) is 0 Å². The first kappa shape index (κ1) is 15.5. The van der Waals surface area contributed by atoms with Crippen molar-refractivity contribution in [3.8, 4) is 5.88 Å². The van der Waals surface area contributed by atoms with Crippen molar-refractivity contribution in [1.29, 1.82) is 0 Å². The molecule has 1 aromatic carbocycles. The van der Waals surface area contributed by atoms with E-state index in [1.54, 1.807) is 10.6 Å². The van der Waals surface area contributed by atoms with Gasteiger partial charge >= 0.3 is 5.69 Å². The second-order valence-electron chi connectivity index (χ2n) is 6.22. The lowest BCUT2D eigenvalue weighted by Gasteiger charge is -2.08. The van der Waals surface area contributed by atoms with Crippen molar-refractivity contribution in [2.45, 2.75) is 25.8 Å². The van der Waals surface area contributed by atoms with Gasteiger partial charge in [-0.05, 0) is 30.4 Å². The van der Waals surface area contributed by atoms with Crippen LogP contribution in [0.5, 0.6) is 5.88 Å². The lowest BCUT2D eigenvalue weighted by Crippen LogP contribution is -2.17. The van der Waals surface area contributed by atoms with E-state index in [2.05, 4.69) is 34.3 Å². The van der Waals surface area contributed by atoms with Crippen LogP contribution < -0.4 is 16.2 Å². The number of ether oxygens (including phenoxy) is 1. The number of anilines is 1. The summed E-state index contributed by atoms with van der Waals surface area (Å²) in [6.07, 6.45) is 7.06. The Hall–Kier alpha value is -3.02. The number of aromatic nitrogens is 3. The van der Waals surface area contributed by atoms with E-state index in [4.69, 9.17) is 10.5 Å². The lowest BCUT2D eigenvalue weighted by atomic mass is 10.1. The minimum absolute atomic E-state index is 0.197. The van der Waals surface area contributed by atoms with Gasteiger partial charge < -0.3 is 15.5 Å². The topological polar surface area (TPSA) is 85.9 Å². The zero-order valence-corrected chi connectivity index (χ0v) is 13.9. The Balaban J connectivity index is 1.84. The number of allylic oxidation sites excluding steroid dienone is 1. The van der Waals surface area contributed by atoms with E-state index >= 15 is 0 Å². The quantitative estimate of drug-likeness (QED) is 0.618. The van der Waals surface area contributed by atoms with E-state index in [1.165, 1.54) is 5.56 Å². The van der Waals surface area contributed by atoms with Crippen molar-refractivity contribution < 1.29 is 4.74 Å². The van der Waals surface area contributed by atoms with Crippen molar-refractivity contribution >= 4 is 16.9 Å². The van der Waals surface area contributed by atoms with Crippen LogP contribution in [-0.4, -0.2) is 21.1 Å². The molecule has 0 spiro atoms. The van der Waals surface area contributed by atoms with E-state index < -0.39 is 0 Å². The maximum absolute atomic E-state index is 12.4. The third kappa shape index (κ3) is 3.15. The summed E-state index contributed by atoms with van der Waals surface area (Å²) in [7, 11) is 0. The van der Waals surface area contributed by atoms with E-state index in [0.29, 0.717) is 30.1 Å². The summed E-state index contributed by atoms with van der Waals surface area (Å²) in [5, 5.41) is 0. The van der Waals surface area contributed by atoms with Gasteiger partial charge in [0.15, 0.2) is 5.82 Å². The van der Waals surface area contributed by atoms with Crippen LogP contribution in [0.25, 0.3) is 11.0 Å². The number of nitrogens with one attached hydrogen (secondary N) is 1. The highest BCUT2D eigenvalue weighted by molar-refractivity contribution is 5.85. The number of rotatable bonds is 0. The summed E-state index contributed by atoms with van der Waals surface area (Å²) in [5.74, 6) is 0.715. The second-order valence-corrected chi connectivity index (χ2v) is 6.22. The summed E-state index contributed by atoms with van der Waals surface area (Å²) in [6, 6.07) is 10.1. The summed E-state index contributed by atoms with van der Waals surface area (Å²) >= 11 is 0. The van der Waals surface area contributed by atoms with Crippen LogP contribution in [0.2, 0.25) is 0 Å². The number of nitrogen functional groups attached to an aromatic ring is 1. The fourth-order valence-electron chi connectivity index (χ4n) is 3.17. The molecule has 3 aromatic rings. The van der Waals surface area contributed by atoms with Crippen molar-refractivity contribution in [2.24, 2.45) is 0 Å². The van der Waals surface area contributed by atoms with Crippen molar-refractivity contribution in [3.05, 3.63) is 64.1 Å². The lowest BCUT2D eigenvalue weighted by molar-refractivity contribution is 0.313. The largest absolute Gasteiger partial charge is 0.477 e. The molecule has 3 N–H and O–H groups in total. The SMILES string of the molecule is Nc1nc2cc3c1[nH]c(=O)n3Cc1cccc(c1)CC/C=C/CCO2. The molecule has 0 fully saturated rings. The number of aromatic amines is 1. The number of hydrogen-bond acceptors (Lipinski definition) is 4. The molecule has 4 bridgehead atoms. The smallest absolute Gasteiger partial charge is 0.326 e. The normalized spacial score (nSPS) is 16.2. The molecule has 6 nitrogen and oxygen atoms in total. The Labute approximate surface area is 145 Å². The Morgan fingerprint density at radius 3 is 2.92 bits per heavy atom. The van der Waals surface area contributed by atoms with Gasteiger partial charge in [-0.25, -0.2) is 4.79 Å². The highest BCUT2D eigenvalue weighted by atomic mass is 16.5. The fourth-order valence-corrected chi connectivity index (χ4v) is 3.17. The average molecular weight is 336 g/mol. The number of hydrogen-bond donors (Lipinski definition) is 2. The molecular weight excluding hydrogens is 316 g/mol. The van der Waals surface area contributed by atoms with Crippen LogP contribution in [-0.2, 0) is 13.0 Å². The monoisotopic (exact) mass is 336 g/mol. The maximum Gasteiger partial charge on any atom is 0.326 e. The first-order valence-electron chi connectivity index (χ1n) is 8.45. The number of aryl methyl sites for hydroxylation is 1. The Morgan fingerprint density at radius 1 is 1.16 bits per heavy atom. The summed E-state index contributed by atoms with van der Waals surface area (Å²) in [6.45, 7) is 1.00. The fraction of sp³-hybridized carbons (Fsp3) is 0.263. The van der Waals surface area contributed by atoms with Crippen molar-refractivity contribution in [1.82, 2.24) is 14.5 Å². The molecule has 0 amide bonds. The van der Waals surface area contributed by atoms with Gasteiger partial charge in [-0.2, -0.15) is 4.98 Å². The molecule has 0 saturated heterocycles. The third-order valence-electron chi connectivity index (χ3n) is 4.40. The van der Waals surface area contributed by atoms with Crippen LogP contribution in [0.3, 0.4) is 0 Å². The first-order valence-corrected chi connectivity index (χ1v) is 8.45. The molecule has 2 aromatic heterocycles. The minimum Gasteiger partial charge on any atom is -0.477 e. The minimum atomic E-state index is -0.197. The van der Waals surface area contributed by atoms with E-state index in [9.17, 15) is 4.79 Å². The van der Waals surface area contributed by atoms with Gasteiger partial charge in [0, 0.05) is 6.07 Å². The molecule has 0 aliphatic carbocycles. The Kier molecular flexibility index (Phi) is 4.01. The summed E-state index contributed by atoms with van der Waals surface area (Å²) in [4.78, 5) is 19.5. The number of H-pyrrole nitrogens is 1. The highest BCUT2D eigenvalue weighted by Gasteiger charge is 2.13. The Morgan fingerprint density at radius 2 is 2.00 bits per heavy atom. The molecule has 0 saturated carbocycles. The number of pyridine rings is 1. The van der Waals surface area contributed by atoms with Gasteiger partial charge in [0.2, 0.25) is 5.88 Å². The van der Waals surface area contributed by atoms with Crippen LogP contribution in [0.4, 0.5) is 5.82 Å². The standard InChI is InChI=1S/C19H20N4O2/c20-18-17-15-11-16(21-18)25-9-4-2-1-3-6-13-7-5-8-14(10-13)12-23(15)19(24)22-17/h1-2,5,7-8,10-11H,3-4,6,9,12H2,(H2,20,21)(H,22,24)/b2-1+. The van der Waals surface area contributed by atoms with Crippen molar-refractivity contribution in [2.75, 3.05) is 12.3 Å². The van der Waals surface area contributed by atoms with Gasteiger partial charge in [-0.3, -0.25) is 4.57 Å². The van der Waals surface area contributed by atoms with Crippen molar-refractivity contribution in [3.63, 3.8) is 0 Å². The van der Waals surface area contributed by atoms with E-state index in [1.807, 2.05) is 12.1 Å². The molecule has 128 valence electrons. The number of benzene rings is 1. The van der Waals surface area contributed by atoms with E-state index in [0.717, 1.165) is 24.8 Å². The molecule has 3 heterocycles. The van der Waals surface area contributed by atoms with Crippen LogP contribution in [0, 0.1) is 0 Å². The first-order chi connectivity index (χ1) is 12.2. The molecule has 25 heavy (non-hydrogen) atoms.